The molecular formula is C33H41Cl2N3O7S. The van der Waals surface area contributed by atoms with Gasteiger partial charge in [0.1, 0.15) is 18.3 Å². The number of unbranched alkanes of at least 4 members (excludes halogenated alkanes) is 1. The molecule has 1 atom stereocenters. The number of carbonyl (C=O) groups excluding carboxylic acids is 2. The molecule has 0 aliphatic rings. The van der Waals surface area contributed by atoms with Gasteiger partial charge in [-0.25, -0.2) is 8.42 Å². The van der Waals surface area contributed by atoms with Gasteiger partial charge in [-0.3, -0.25) is 13.9 Å². The second-order valence-corrected chi connectivity index (χ2v) is 13.0. The van der Waals surface area contributed by atoms with Crippen LogP contribution < -0.4 is 23.8 Å². The third kappa shape index (κ3) is 9.20. The van der Waals surface area contributed by atoms with Crippen molar-refractivity contribution in [1.82, 2.24) is 10.2 Å². The van der Waals surface area contributed by atoms with Crippen molar-refractivity contribution in [2.24, 2.45) is 0 Å². The Hall–Kier alpha value is -3.67. The maximum atomic E-state index is 14.3. The van der Waals surface area contributed by atoms with E-state index in [4.69, 9.17) is 37.4 Å². The molecule has 46 heavy (non-hydrogen) atoms. The monoisotopic (exact) mass is 693 g/mol. The fourth-order valence-electron chi connectivity index (χ4n) is 4.77. The summed E-state index contributed by atoms with van der Waals surface area (Å²) in [5.41, 5.74) is 0.770. The topological polar surface area (TPSA) is 114 Å². The molecule has 0 saturated carbocycles. The number of carbonyl (C=O) groups is 2. The lowest BCUT2D eigenvalue weighted by molar-refractivity contribution is -0.140. The summed E-state index contributed by atoms with van der Waals surface area (Å²) in [6.45, 7) is 5.84. The van der Waals surface area contributed by atoms with Crippen LogP contribution in [0.3, 0.4) is 0 Å². The molecule has 1 unspecified atom stereocenters. The van der Waals surface area contributed by atoms with Crippen LogP contribution in [0.4, 0.5) is 5.69 Å². The van der Waals surface area contributed by atoms with Gasteiger partial charge >= 0.3 is 0 Å². The van der Waals surface area contributed by atoms with Crippen LogP contribution in [0.25, 0.3) is 0 Å². The third-order valence-electron chi connectivity index (χ3n) is 7.23. The zero-order chi connectivity index (χ0) is 33.9. The molecule has 0 spiro atoms. The van der Waals surface area contributed by atoms with E-state index < -0.39 is 28.5 Å². The molecule has 0 aromatic heterocycles. The van der Waals surface area contributed by atoms with E-state index in [1.807, 2.05) is 13.8 Å². The number of ether oxygens (including phenoxy) is 3. The summed E-state index contributed by atoms with van der Waals surface area (Å²) < 4.78 is 45.7. The van der Waals surface area contributed by atoms with Crippen molar-refractivity contribution in [2.75, 3.05) is 38.2 Å². The minimum Gasteiger partial charge on any atom is -0.494 e. The van der Waals surface area contributed by atoms with Crippen LogP contribution in [0.2, 0.25) is 10.0 Å². The number of hydrogen-bond donors (Lipinski definition) is 1. The first-order valence-electron chi connectivity index (χ1n) is 15.0. The lowest BCUT2D eigenvalue weighted by Gasteiger charge is -2.33. The normalized spacial score (nSPS) is 11.8. The number of nitrogens with zero attached hydrogens (tertiary/aromatic N) is 2. The highest BCUT2D eigenvalue weighted by Crippen LogP contribution is 2.33. The summed E-state index contributed by atoms with van der Waals surface area (Å²) >= 11 is 12.6. The first kappa shape index (κ1) is 36.8. The third-order valence-corrected chi connectivity index (χ3v) is 9.59. The van der Waals surface area contributed by atoms with Crippen molar-refractivity contribution >= 4 is 50.7 Å². The van der Waals surface area contributed by atoms with E-state index in [-0.39, 0.29) is 35.2 Å². The predicted molar refractivity (Wildman–Crippen MR) is 181 cm³/mol. The van der Waals surface area contributed by atoms with E-state index in [1.54, 1.807) is 49.4 Å². The van der Waals surface area contributed by atoms with Gasteiger partial charge < -0.3 is 24.4 Å². The Bertz CT molecular complexity index is 1590. The van der Waals surface area contributed by atoms with Gasteiger partial charge in [-0.2, -0.15) is 0 Å². The van der Waals surface area contributed by atoms with Crippen molar-refractivity contribution in [3.05, 3.63) is 76.3 Å². The number of hydrogen-bond acceptors (Lipinski definition) is 7. The molecule has 0 fully saturated rings. The van der Waals surface area contributed by atoms with E-state index in [1.165, 1.54) is 37.3 Å². The van der Waals surface area contributed by atoms with Gasteiger partial charge in [-0.1, -0.05) is 49.5 Å². The minimum atomic E-state index is -4.36. The van der Waals surface area contributed by atoms with Crippen molar-refractivity contribution in [1.29, 1.82) is 0 Å². The number of methoxy groups -OCH3 is 2. The van der Waals surface area contributed by atoms with Crippen LogP contribution in [-0.2, 0) is 26.2 Å². The van der Waals surface area contributed by atoms with E-state index in [2.05, 4.69) is 5.32 Å². The fourth-order valence-corrected chi connectivity index (χ4v) is 6.67. The van der Waals surface area contributed by atoms with Gasteiger partial charge in [0.05, 0.1) is 31.4 Å². The average molecular weight is 695 g/mol. The van der Waals surface area contributed by atoms with Crippen LogP contribution in [-0.4, -0.2) is 65.1 Å². The summed E-state index contributed by atoms with van der Waals surface area (Å²) in [5.74, 6) is 0.132. The molecule has 0 bridgehead atoms. The Balaban J connectivity index is 2.11. The standard InChI is InChI=1S/C33H41Cl2N3O7S/c1-6-9-18-36-33(40)29(7-2)37(21-23-10-11-24(34)19-28(23)35)32(39)22-38(25-12-14-26(15-13-25)45-8-3)46(41,42)27-16-17-30(43-4)31(20-27)44-5/h10-17,19-20,29H,6-9,18,21-22H2,1-5H3,(H,36,40). The summed E-state index contributed by atoms with van der Waals surface area (Å²) in [5, 5.41) is 3.63. The van der Waals surface area contributed by atoms with E-state index in [0.29, 0.717) is 40.3 Å². The molecule has 3 aromatic rings. The zero-order valence-corrected chi connectivity index (χ0v) is 29.0. The van der Waals surface area contributed by atoms with Crippen LogP contribution in [0.1, 0.15) is 45.6 Å². The molecule has 0 heterocycles. The van der Waals surface area contributed by atoms with Crippen LogP contribution >= 0.6 is 23.2 Å². The van der Waals surface area contributed by atoms with Gasteiger partial charge in [0.15, 0.2) is 11.5 Å². The van der Waals surface area contributed by atoms with Crippen LogP contribution in [0.15, 0.2) is 65.6 Å². The molecule has 0 radical (unpaired) electrons. The summed E-state index contributed by atoms with van der Waals surface area (Å²) in [4.78, 5) is 29.0. The molecule has 3 aromatic carbocycles. The number of anilines is 1. The number of sulfonamides is 1. The molecule has 0 aliphatic heterocycles. The molecule has 13 heteroatoms. The van der Waals surface area contributed by atoms with Gasteiger partial charge in [-0.15, -0.1) is 0 Å². The molecule has 1 N–H and O–H groups in total. The molecule has 250 valence electrons. The maximum absolute atomic E-state index is 14.3. The van der Waals surface area contributed by atoms with Gasteiger partial charge in [-0.05, 0) is 73.9 Å². The Morgan fingerprint density at radius 1 is 0.913 bits per heavy atom. The maximum Gasteiger partial charge on any atom is 0.264 e. The van der Waals surface area contributed by atoms with Gasteiger partial charge in [0.25, 0.3) is 10.0 Å². The first-order valence-corrected chi connectivity index (χ1v) is 17.2. The Morgan fingerprint density at radius 3 is 2.20 bits per heavy atom. The average Bonchev–Trinajstić information content (AvgIpc) is 3.04. The largest absolute Gasteiger partial charge is 0.494 e. The highest BCUT2D eigenvalue weighted by atomic mass is 35.5. The van der Waals surface area contributed by atoms with E-state index >= 15 is 0 Å². The zero-order valence-electron chi connectivity index (χ0n) is 26.7. The van der Waals surface area contributed by atoms with Crippen LogP contribution in [0.5, 0.6) is 17.2 Å². The van der Waals surface area contributed by atoms with Crippen molar-refractivity contribution in [2.45, 2.75) is 57.5 Å². The molecule has 0 aliphatic carbocycles. The van der Waals surface area contributed by atoms with Crippen molar-refractivity contribution < 1.29 is 32.2 Å². The summed E-state index contributed by atoms with van der Waals surface area (Å²) in [7, 11) is -1.51. The van der Waals surface area contributed by atoms with Crippen molar-refractivity contribution in [3.8, 4) is 17.2 Å². The minimum absolute atomic E-state index is 0.0535. The van der Waals surface area contributed by atoms with E-state index in [9.17, 15) is 18.0 Å². The molecule has 0 saturated heterocycles. The molecule has 10 nitrogen and oxygen atoms in total. The summed E-state index contributed by atoms with van der Waals surface area (Å²) in [6, 6.07) is 14.5. The van der Waals surface area contributed by atoms with Gasteiger partial charge in [0.2, 0.25) is 11.8 Å². The lowest BCUT2D eigenvalue weighted by atomic mass is 10.1. The van der Waals surface area contributed by atoms with Gasteiger partial charge in [0, 0.05) is 29.2 Å². The highest BCUT2D eigenvalue weighted by Gasteiger charge is 2.34. The lowest BCUT2D eigenvalue weighted by Crippen LogP contribution is -2.52. The smallest absolute Gasteiger partial charge is 0.264 e. The quantitative estimate of drug-likeness (QED) is 0.164. The van der Waals surface area contributed by atoms with Crippen LogP contribution in [0, 0.1) is 0 Å². The predicted octanol–water partition coefficient (Wildman–Crippen LogP) is 6.33. The second-order valence-electron chi connectivity index (χ2n) is 10.3. The SMILES string of the molecule is CCCCNC(=O)C(CC)N(Cc1ccc(Cl)cc1Cl)C(=O)CN(c1ccc(OCC)cc1)S(=O)(=O)c1ccc(OC)c(OC)c1. The number of amides is 2. The Morgan fingerprint density at radius 2 is 1.61 bits per heavy atom. The molecule has 3 rings (SSSR count). The van der Waals surface area contributed by atoms with Crippen molar-refractivity contribution in [3.63, 3.8) is 0 Å². The first-order chi connectivity index (χ1) is 22.0. The second kappa shape index (κ2) is 17.3. The molecule has 2 amide bonds. The Labute approximate surface area is 281 Å². The van der Waals surface area contributed by atoms with E-state index in [0.717, 1.165) is 17.1 Å². The summed E-state index contributed by atoms with van der Waals surface area (Å²) in [6.07, 6.45) is 1.93. The number of halogens is 2. The number of benzene rings is 3. The fraction of sp³-hybridized carbons (Fsp3) is 0.394. The number of nitrogens with one attached hydrogen (secondary N) is 1. The highest BCUT2D eigenvalue weighted by molar-refractivity contribution is 7.92. The Kier molecular flexibility index (Phi) is 13.8. The number of rotatable bonds is 17. The molecular weight excluding hydrogens is 653 g/mol.